The zero-order chi connectivity index (χ0) is 20.6. The number of urea groups is 1. The Bertz CT molecular complexity index is 959. The molecule has 1 aromatic carbocycles. The van der Waals surface area contributed by atoms with Gasteiger partial charge in [-0.3, -0.25) is 10.1 Å². The zero-order valence-corrected chi connectivity index (χ0v) is 16.9. The lowest BCUT2D eigenvalue weighted by Gasteiger charge is -2.08. The summed E-state index contributed by atoms with van der Waals surface area (Å²) in [5.74, 6) is -0.659. The number of hydrogen-bond acceptors (Lipinski definition) is 6. The van der Waals surface area contributed by atoms with Gasteiger partial charge in [-0.25, -0.2) is 9.78 Å². The number of amides is 3. The maximum atomic E-state index is 12.1. The van der Waals surface area contributed by atoms with Crippen LogP contribution in [0.15, 0.2) is 43.0 Å². The second-order valence-electron chi connectivity index (χ2n) is 6.01. The molecule has 11 heteroatoms. The van der Waals surface area contributed by atoms with Gasteiger partial charge in [0.25, 0.3) is 5.91 Å². The molecule has 4 N–H and O–H groups in total. The van der Waals surface area contributed by atoms with E-state index in [1.807, 2.05) is 10.8 Å². The van der Waals surface area contributed by atoms with Crippen LogP contribution >= 0.6 is 23.1 Å². The summed E-state index contributed by atoms with van der Waals surface area (Å²) in [6.07, 6.45) is 5.98. The van der Waals surface area contributed by atoms with Gasteiger partial charge in [-0.1, -0.05) is 23.7 Å². The lowest BCUT2D eigenvalue weighted by atomic mass is 10.2. The fourth-order valence-corrected chi connectivity index (χ4v) is 3.30. The average molecular weight is 435 g/mol. The van der Waals surface area contributed by atoms with E-state index in [4.69, 9.17) is 22.1 Å². The molecule has 0 aliphatic heterocycles. The van der Waals surface area contributed by atoms with E-state index in [1.165, 1.54) is 0 Å². The number of nitrogens with two attached hydrogens (primary N) is 1. The third kappa shape index (κ3) is 5.93. The predicted octanol–water partition coefficient (Wildman–Crippen LogP) is 2.88. The molecule has 0 radical (unpaired) electrons. The van der Waals surface area contributed by atoms with Crippen molar-refractivity contribution in [2.24, 2.45) is 5.73 Å². The van der Waals surface area contributed by atoms with Crippen molar-refractivity contribution in [3.8, 4) is 5.88 Å². The van der Waals surface area contributed by atoms with Crippen LogP contribution in [-0.2, 0) is 13.2 Å². The molecule has 0 saturated carbocycles. The highest BCUT2D eigenvalue weighted by molar-refractivity contribution is 7.11. The third-order valence-electron chi connectivity index (χ3n) is 3.86. The Kier molecular flexibility index (Phi) is 7.04. The standard InChI is InChI=1S/C18H19ClN6O3S/c19-13-4-2-12(3-5-13)10-28-16-14(15(20)26)17(29-24-16)23-18(27)22-6-1-8-25-9-7-21-11-25/h2-5,7,9,11H,1,6,8,10H2,(H2,20,26)(H2,22,23,27). The summed E-state index contributed by atoms with van der Waals surface area (Å²) < 4.78 is 11.6. The minimum Gasteiger partial charge on any atom is -0.472 e. The number of halogens is 1. The normalized spacial score (nSPS) is 10.5. The van der Waals surface area contributed by atoms with Crippen molar-refractivity contribution in [1.82, 2.24) is 19.2 Å². The van der Waals surface area contributed by atoms with Gasteiger partial charge >= 0.3 is 6.03 Å². The molecule has 0 spiro atoms. The van der Waals surface area contributed by atoms with E-state index in [0.717, 1.165) is 30.1 Å². The Morgan fingerprint density at radius 1 is 1.28 bits per heavy atom. The number of hydrogen-bond donors (Lipinski definition) is 3. The first kappa shape index (κ1) is 20.6. The molecule has 29 heavy (non-hydrogen) atoms. The van der Waals surface area contributed by atoms with Crippen molar-refractivity contribution in [1.29, 1.82) is 0 Å². The van der Waals surface area contributed by atoms with E-state index in [9.17, 15) is 9.59 Å². The van der Waals surface area contributed by atoms with Crippen molar-refractivity contribution in [3.05, 3.63) is 59.1 Å². The molecule has 3 amide bonds. The van der Waals surface area contributed by atoms with Gasteiger partial charge in [0.05, 0.1) is 6.33 Å². The van der Waals surface area contributed by atoms with Crippen LogP contribution in [0.25, 0.3) is 0 Å². The Labute approximate surface area is 176 Å². The van der Waals surface area contributed by atoms with E-state index in [2.05, 4.69) is 20.0 Å². The number of nitrogens with zero attached hydrogens (tertiary/aromatic N) is 3. The first-order valence-electron chi connectivity index (χ1n) is 8.70. The predicted molar refractivity (Wildman–Crippen MR) is 110 cm³/mol. The Morgan fingerprint density at radius 2 is 2.07 bits per heavy atom. The molecular weight excluding hydrogens is 416 g/mol. The van der Waals surface area contributed by atoms with E-state index in [1.54, 1.807) is 36.8 Å². The fraction of sp³-hybridized carbons (Fsp3) is 0.222. The summed E-state index contributed by atoms with van der Waals surface area (Å²) in [4.78, 5) is 27.9. The summed E-state index contributed by atoms with van der Waals surface area (Å²) in [5, 5.41) is 6.17. The van der Waals surface area contributed by atoms with E-state index < -0.39 is 11.9 Å². The molecule has 0 bridgehead atoms. The number of carbonyl (C=O) groups excluding carboxylic acids is 2. The smallest absolute Gasteiger partial charge is 0.319 e. The van der Waals surface area contributed by atoms with Gasteiger partial charge in [0.2, 0.25) is 5.88 Å². The molecule has 3 aromatic rings. The van der Waals surface area contributed by atoms with Crippen molar-refractivity contribution < 1.29 is 14.3 Å². The van der Waals surface area contributed by atoms with Gasteiger partial charge in [-0.15, -0.1) is 0 Å². The van der Waals surface area contributed by atoms with E-state index >= 15 is 0 Å². The van der Waals surface area contributed by atoms with Crippen LogP contribution in [0.3, 0.4) is 0 Å². The maximum Gasteiger partial charge on any atom is 0.319 e. The maximum absolute atomic E-state index is 12.1. The monoisotopic (exact) mass is 434 g/mol. The molecule has 0 unspecified atom stereocenters. The van der Waals surface area contributed by atoms with Gasteiger partial charge in [-0.2, -0.15) is 4.37 Å². The molecular formula is C18H19ClN6O3S. The minimum atomic E-state index is -0.736. The second-order valence-corrected chi connectivity index (χ2v) is 7.22. The zero-order valence-electron chi connectivity index (χ0n) is 15.3. The van der Waals surface area contributed by atoms with Crippen LogP contribution in [0.1, 0.15) is 22.3 Å². The summed E-state index contributed by atoms with van der Waals surface area (Å²) in [6, 6.07) is 6.62. The van der Waals surface area contributed by atoms with E-state index in [-0.39, 0.29) is 23.1 Å². The highest BCUT2D eigenvalue weighted by atomic mass is 35.5. The van der Waals surface area contributed by atoms with Crippen LogP contribution in [0.4, 0.5) is 9.80 Å². The van der Waals surface area contributed by atoms with Gasteiger partial charge in [0.1, 0.15) is 17.2 Å². The number of imidazole rings is 1. The highest BCUT2D eigenvalue weighted by Crippen LogP contribution is 2.30. The van der Waals surface area contributed by atoms with E-state index in [0.29, 0.717) is 11.6 Å². The van der Waals surface area contributed by atoms with Crippen LogP contribution in [0.5, 0.6) is 5.88 Å². The average Bonchev–Trinajstić information content (AvgIpc) is 3.34. The summed E-state index contributed by atoms with van der Waals surface area (Å²) >= 11 is 6.78. The molecule has 152 valence electrons. The Hall–Kier alpha value is -3.11. The van der Waals surface area contributed by atoms with Gasteiger partial charge in [0, 0.05) is 30.5 Å². The number of anilines is 1. The SMILES string of the molecule is NC(=O)c1c(OCc2ccc(Cl)cc2)nsc1NC(=O)NCCCn1ccnc1. The molecule has 3 rings (SSSR count). The Morgan fingerprint density at radius 3 is 2.76 bits per heavy atom. The minimum absolute atomic E-state index is 0.0394. The van der Waals surface area contributed by atoms with Crippen LogP contribution < -0.4 is 21.1 Å². The second kappa shape index (κ2) is 9.89. The molecule has 0 aliphatic carbocycles. The van der Waals surface area contributed by atoms with Gasteiger partial charge < -0.3 is 20.4 Å². The molecule has 2 aromatic heterocycles. The van der Waals surface area contributed by atoms with Crippen LogP contribution in [0, 0.1) is 0 Å². The first-order valence-corrected chi connectivity index (χ1v) is 9.85. The molecule has 0 atom stereocenters. The van der Waals surface area contributed by atoms with Gasteiger partial charge in [0.15, 0.2) is 0 Å². The number of ether oxygens (including phenoxy) is 1. The highest BCUT2D eigenvalue weighted by Gasteiger charge is 2.22. The number of primary amides is 1. The van der Waals surface area contributed by atoms with Gasteiger partial charge in [-0.05, 0) is 35.6 Å². The largest absolute Gasteiger partial charge is 0.472 e. The molecule has 0 saturated heterocycles. The van der Waals surface area contributed by atoms with Crippen LogP contribution in [-0.4, -0.2) is 32.4 Å². The number of carbonyl (C=O) groups is 2. The quantitative estimate of drug-likeness (QED) is 0.446. The lowest BCUT2D eigenvalue weighted by molar-refractivity contribution is 0.0996. The van der Waals surface area contributed by atoms with Crippen molar-refractivity contribution in [3.63, 3.8) is 0 Å². The van der Waals surface area contributed by atoms with Crippen LogP contribution in [0.2, 0.25) is 5.02 Å². The molecule has 0 fully saturated rings. The summed E-state index contributed by atoms with van der Waals surface area (Å²) in [7, 11) is 0. The number of nitrogens with one attached hydrogen (secondary N) is 2. The first-order chi connectivity index (χ1) is 14.0. The number of aryl methyl sites for hydroxylation is 1. The molecule has 9 nitrogen and oxygen atoms in total. The fourth-order valence-electron chi connectivity index (χ4n) is 2.44. The van der Waals surface area contributed by atoms with Crippen molar-refractivity contribution in [2.75, 3.05) is 11.9 Å². The Balaban J connectivity index is 1.53. The lowest BCUT2D eigenvalue weighted by Crippen LogP contribution is -2.30. The number of benzene rings is 1. The number of rotatable bonds is 9. The number of aromatic nitrogens is 3. The third-order valence-corrected chi connectivity index (χ3v) is 4.86. The molecule has 2 heterocycles. The summed E-state index contributed by atoms with van der Waals surface area (Å²) in [6.45, 7) is 1.37. The van der Waals surface area contributed by atoms with Crippen molar-refractivity contribution >= 4 is 40.1 Å². The topological polar surface area (TPSA) is 124 Å². The van der Waals surface area contributed by atoms with Crippen molar-refractivity contribution in [2.45, 2.75) is 19.6 Å². The molecule has 0 aliphatic rings. The summed E-state index contributed by atoms with van der Waals surface area (Å²) in [5.41, 5.74) is 6.34.